The summed E-state index contributed by atoms with van der Waals surface area (Å²) >= 11 is 0. The molecular weight excluding hydrogens is 355 g/mol. The standard InChI is InChI=1S/C22H23FN4O/c1-26(20-11-12-24-14-20)21(28)13-17-15-27(19-5-3-2-4-6-19)25-22(17)16-7-9-18(23)10-8-16/h2-10,15,20,24H,11-14H2,1H3. The molecule has 144 valence electrons. The normalized spacial score (nSPS) is 16.3. The van der Waals surface area contributed by atoms with Crippen molar-refractivity contribution < 1.29 is 9.18 Å². The molecule has 3 aromatic rings. The van der Waals surface area contributed by atoms with Gasteiger partial charge in [0.2, 0.25) is 5.91 Å². The lowest BCUT2D eigenvalue weighted by Crippen LogP contribution is -2.39. The Morgan fingerprint density at radius 2 is 1.96 bits per heavy atom. The van der Waals surface area contributed by atoms with E-state index in [0.29, 0.717) is 5.69 Å². The van der Waals surface area contributed by atoms with Gasteiger partial charge in [0.15, 0.2) is 0 Å². The Kier molecular flexibility index (Phi) is 5.21. The first-order valence-electron chi connectivity index (χ1n) is 9.48. The van der Waals surface area contributed by atoms with Crippen LogP contribution in [0, 0.1) is 5.82 Å². The Labute approximate surface area is 163 Å². The van der Waals surface area contributed by atoms with Crippen molar-refractivity contribution in [2.75, 3.05) is 20.1 Å². The van der Waals surface area contributed by atoms with Gasteiger partial charge in [-0.3, -0.25) is 4.79 Å². The maximum Gasteiger partial charge on any atom is 0.227 e. The lowest BCUT2D eigenvalue weighted by molar-refractivity contribution is -0.130. The molecule has 1 atom stereocenters. The molecule has 2 aromatic carbocycles. The number of nitrogens with zero attached hydrogens (tertiary/aromatic N) is 3. The van der Waals surface area contributed by atoms with Crippen LogP contribution in [-0.2, 0) is 11.2 Å². The van der Waals surface area contributed by atoms with Crippen LogP contribution in [-0.4, -0.2) is 46.8 Å². The molecule has 6 heteroatoms. The zero-order valence-electron chi connectivity index (χ0n) is 15.8. The summed E-state index contributed by atoms with van der Waals surface area (Å²) in [6.07, 6.45) is 3.12. The molecule has 1 fully saturated rings. The third-order valence-electron chi connectivity index (χ3n) is 5.25. The molecule has 28 heavy (non-hydrogen) atoms. The fourth-order valence-corrected chi connectivity index (χ4v) is 3.56. The lowest BCUT2D eigenvalue weighted by Gasteiger charge is -2.23. The zero-order chi connectivity index (χ0) is 19.5. The van der Waals surface area contributed by atoms with Gasteiger partial charge in [0, 0.05) is 37.0 Å². The van der Waals surface area contributed by atoms with Crippen molar-refractivity contribution in [2.45, 2.75) is 18.9 Å². The number of carbonyl (C=O) groups excluding carboxylic acids is 1. The van der Waals surface area contributed by atoms with E-state index in [0.717, 1.165) is 36.3 Å². The maximum atomic E-state index is 13.4. The first kappa shape index (κ1) is 18.4. The maximum absolute atomic E-state index is 13.4. The molecule has 0 spiro atoms. The highest BCUT2D eigenvalue weighted by molar-refractivity contribution is 5.81. The average Bonchev–Trinajstić information content (AvgIpc) is 3.39. The smallest absolute Gasteiger partial charge is 0.227 e. The van der Waals surface area contributed by atoms with Gasteiger partial charge in [0.1, 0.15) is 5.82 Å². The Morgan fingerprint density at radius 3 is 2.64 bits per heavy atom. The third kappa shape index (κ3) is 3.82. The summed E-state index contributed by atoms with van der Waals surface area (Å²) in [5.41, 5.74) is 3.25. The van der Waals surface area contributed by atoms with Crippen molar-refractivity contribution in [3.05, 3.63) is 72.2 Å². The van der Waals surface area contributed by atoms with Gasteiger partial charge in [0.25, 0.3) is 0 Å². The summed E-state index contributed by atoms with van der Waals surface area (Å²) in [5.74, 6) is -0.234. The highest BCUT2D eigenvalue weighted by Crippen LogP contribution is 2.25. The van der Waals surface area contributed by atoms with Gasteiger partial charge in [-0.25, -0.2) is 9.07 Å². The van der Waals surface area contributed by atoms with Crippen LogP contribution in [0.1, 0.15) is 12.0 Å². The van der Waals surface area contributed by atoms with Crippen LogP contribution in [0.2, 0.25) is 0 Å². The molecule has 2 heterocycles. The number of amides is 1. The van der Waals surface area contributed by atoms with E-state index in [-0.39, 0.29) is 24.2 Å². The lowest BCUT2D eigenvalue weighted by atomic mass is 10.0. The molecule has 1 aromatic heterocycles. The molecule has 4 rings (SSSR count). The molecule has 0 aliphatic carbocycles. The van der Waals surface area contributed by atoms with Crippen molar-refractivity contribution in [1.82, 2.24) is 20.0 Å². The Balaban J connectivity index is 1.67. The zero-order valence-corrected chi connectivity index (χ0v) is 15.8. The third-order valence-corrected chi connectivity index (χ3v) is 5.25. The summed E-state index contributed by atoms with van der Waals surface area (Å²) in [4.78, 5) is 14.7. The second-order valence-corrected chi connectivity index (χ2v) is 7.12. The first-order chi connectivity index (χ1) is 13.6. The van der Waals surface area contributed by atoms with Crippen LogP contribution >= 0.6 is 0 Å². The van der Waals surface area contributed by atoms with E-state index >= 15 is 0 Å². The van der Waals surface area contributed by atoms with Crippen LogP contribution in [0.4, 0.5) is 4.39 Å². The van der Waals surface area contributed by atoms with Crippen LogP contribution < -0.4 is 5.32 Å². The quantitative estimate of drug-likeness (QED) is 0.742. The highest BCUT2D eigenvalue weighted by Gasteiger charge is 2.24. The number of hydrogen-bond donors (Lipinski definition) is 1. The fourth-order valence-electron chi connectivity index (χ4n) is 3.56. The number of benzene rings is 2. The van der Waals surface area contributed by atoms with Gasteiger partial charge in [-0.1, -0.05) is 18.2 Å². The van der Waals surface area contributed by atoms with Crippen molar-refractivity contribution in [1.29, 1.82) is 0 Å². The van der Waals surface area contributed by atoms with Gasteiger partial charge < -0.3 is 10.2 Å². The van der Waals surface area contributed by atoms with Crippen LogP contribution in [0.3, 0.4) is 0 Å². The molecule has 1 amide bonds. The summed E-state index contributed by atoms with van der Waals surface area (Å²) in [7, 11) is 1.86. The number of halogens is 1. The second-order valence-electron chi connectivity index (χ2n) is 7.12. The summed E-state index contributed by atoms with van der Waals surface area (Å²) in [6, 6.07) is 16.2. The number of para-hydroxylation sites is 1. The molecule has 1 aliphatic heterocycles. The van der Waals surface area contributed by atoms with Crippen LogP contribution in [0.15, 0.2) is 60.8 Å². The van der Waals surface area contributed by atoms with Gasteiger partial charge in [-0.05, 0) is 49.4 Å². The number of hydrogen-bond acceptors (Lipinski definition) is 3. The minimum Gasteiger partial charge on any atom is -0.341 e. The molecule has 1 aliphatic rings. The largest absolute Gasteiger partial charge is 0.341 e. The highest BCUT2D eigenvalue weighted by atomic mass is 19.1. The Bertz CT molecular complexity index is 946. The number of aromatic nitrogens is 2. The van der Waals surface area contributed by atoms with Crippen molar-refractivity contribution >= 4 is 5.91 Å². The summed E-state index contributed by atoms with van der Waals surface area (Å²) in [6.45, 7) is 1.77. The van der Waals surface area contributed by atoms with Crippen LogP contribution in [0.5, 0.6) is 0 Å². The predicted octanol–water partition coefficient (Wildman–Crippen LogP) is 3.04. The molecule has 1 unspecified atom stereocenters. The molecule has 1 N–H and O–H groups in total. The minimum absolute atomic E-state index is 0.0599. The summed E-state index contributed by atoms with van der Waals surface area (Å²) < 4.78 is 15.1. The predicted molar refractivity (Wildman–Crippen MR) is 107 cm³/mol. The summed E-state index contributed by atoms with van der Waals surface area (Å²) in [5, 5.41) is 8.00. The van der Waals surface area contributed by atoms with E-state index in [9.17, 15) is 9.18 Å². The topological polar surface area (TPSA) is 50.2 Å². The van der Waals surface area contributed by atoms with Gasteiger partial charge >= 0.3 is 0 Å². The SMILES string of the molecule is CN(C(=O)Cc1cn(-c2ccccc2)nc1-c1ccc(F)cc1)C1CCNC1. The number of nitrogens with one attached hydrogen (secondary N) is 1. The van der Waals surface area contributed by atoms with Crippen LogP contribution in [0.25, 0.3) is 16.9 Å². The van der Waals surface area contributed by atoms with Gasteiger partial charge in [-0.2, -0.15) is 5.10 Å². The average molecular weight is 378 g/mol. The Hall–Kier alpha value is -2.99. The molecule has 0 radical (unpaired) electrons. The van der Waals surface area contributed by atoms with E-state index in [2.05, 4.69) is 5.32 Å². The molecule has 0 bridgehead atoms. The van der Waals surface area contributed by atoms with Gasteiger partial charge in [-0.15, -0.1) is 0 Å². The molecular formula is C22H23FN4O. The number of rotatable bonds is 5. The Morgan fingerprint density at radius 1 is 1.21 bits per heavy atom. The van der Waals surface area contributed by atoms with E-state index in [1.165, 1.54) is 12.1 Å². The molecule has 1 saturated heterocycles. The molecule has 0 saturated carbocycles. The minimum atomic E-state index is -0.294. The van der Waals surface area contributed by atoms with E-state index in [1.807, 2.05) is 48.5 Å². The van der Waals surface area contributed by atoms with E-state index in [1.54, 1.807) is 16.8 Å². The van der Waals surface area contributed by atoms with E-state index < -0.39 is 0 Å². The van der Waals surface area contributed by atoms with Crippen molar-refractivity contribution in [3.8, 4) is 16.9 Å². The fraction of sp³-hybridized carbons (Fsp3) is 0.273. The monoisotopic (exact) mass is 378 g/mol. The number of carbonyl (C=O) groups is 1. The van der Waals surface area contributed by atoms with Crippen molar-refractivity contribution in [2.24, 2.45) is 0 Å². The van der Waals surface area contributed by atoms with Crippen molar-refractivity contribution in [3.63, 3.8) is 0 Å². The first-order valence-corrected chi connectivity index (χ1v) is 9.48. The van der Waals surface area contributed by atoms with E-state index in [4.69, 9.17) is 5.10 Å². The number of likely N-dealkylation sites (N-methyl/N-ethyl adjacent to an activating group) is 1. The van der Waals surface area contributed by atoms with Gasteiger partial charge in [0.05, 0.1) is 17.8 Å². The molecule has 5 nitrogen and oxygen atoms in total. The second kappa shape index (κ2) is 7.94.